The molecule has 2 N–H and O–H groups in total. The molecule has 0 atom stereocenters. The Kier molecular flexibility index (Phi) is 3.31. The van der Waals surface area contributed by atoms with Crippen LogP contribution in [0.3, 0.4) is 0 Å². The van der Waals surface area contributed by atoms with Gasteiger partial charge in [0, 0.05) is 5.56 Å². The highest BCUT2D eigenvalue weighted by Gasteiger charge is 2.17. The van der Waals surface area contributed by atoms with E-state index in [1.54, 1.807) is 30.3 Å². The Morgan fingerprint density at radius 2 is 2.05 bits per heavy atom. The van der Waals surface area contributed by atoms with Gasteiger partial charge in [-0.05, 0) is 47.2 Å². The maximum absolute atomic E-state index is 14.0. The van der Waals surface area contributed by atoms with Crippen molar-refractivity contribution in [3.63, 3.8) is 0 Å². The van der Waals surface area contributed by atoms with Crippen molar-refractivity contribution in [2.75, 3.05) is 5.73 Å². The van der Waals surface area contributed by atoms with E-state index >= 15 is 0 Å². The van der Waals surface area contributed by atoms with Gasteiger partial charge in [-0.3, -0.25) is 0 Å². The minimum absolute atomic E-state index is 0.258. The molecule has 7 heteroatoms. The SMILES string of the molecule is Cc1ccc(F)c(-n2nnnc2-c2cccc(N)c2Cl)c1. The molecule has 0 radical (unpaired) electrons. The summed E-state index contributed by atoms with van der Waals surface area (Å²) in [4.78, 5) is 0. The predicted molar refractivity (Wildman–Crippen MR) is 78.7 cm³/mol. The van der Waals surface area contributed by atoms with Crippen LogP contribution < -0.4 is 5.73 Å². The molecular formula is C14H11ClFN5. The lowest BCUT2D eigenvalue weighted by Crippen LogP contribution is -2.04. The third kappa shape index (κ3) is 2.34. The number of nitrogen functional groups attached to an aromatic ring is 1. The number of nitrogens with zero attached hydrogens (tertiary/aromatic N) is 4. The van der Waals surface area contributed by atoms with Crippen molar-refractivity contribution in [2.45, 2.75) is 6.92 Å². The molecule has 106 valence electrons. The van der Waals surface area contributed by atoms with Crippen LogP contribution in [0.15, 0.2) is 36.4 Å². The molecule has 0 aliphatic heterocycles. The Morgan fingerprint density at radius 3 is 2.86 bits per heavy atom. The fraction of sp³-hybridized carbons (Fsp3) is 0.0714. The lowest BCUT2D eigenvalue weighted by Gasteiger charge is -2.09. The monoisotopic (exact) mass is 303 g/mol. The Bertz CT molecular complexity index is 798. The lowest BCUT2D eigenvalue weighted by atomic mass is 10.1. The molecule has 2 aromatic carbocycles. The Hall–Kier alpha value is -2.47. The zero-order valence-corrected chi connectivity index (χ0v) is 11.8. The van der Waals surface area contributed by atoms with Crippen molar-refractivity contribution in [3.05, 3.63) is 52.8 Å². The first kappa shape index (κ1) is 13.5. The van der Waals surface area contributed by atoms with E-state index in [4.69, 9.17) is 17.3 Å². The standard InChI is InChI=1S/C14H11ClFN5/c1-8-5-6-10(16)12(7-8)21-14(18-19-20-21)9-3-2-4-11(17)13(9)15/h2-7H,17H2,1H3. The molecule has 3 rings (SSSR count). The smallest absolute Gasteiger partial charge is 0.188 e. The second kappa shape index (κ2) is 5.14. The molecule has 1 heterocycles. The summed E-state index contributed by atoms with van der Waals surface area (Å²) in [5.41, 5.74) is 7.89. The second-order valence-corrected chi connectivity index (χ2v) is 4.96. The van der Waals surface area contributed by atoms with Crippen LogP contribution >= 0.6 is 11.6 Å². The van der Waals surface area contributed by atoms with Gasteiger partial charge in [0.05, 0.1) is 10.7 Å². The van der Waals surface area contributed by atoms with Crippen molar-refractivity contribution < 1.29 is 4.39 Å². The van der Waals surface area contributed by atoms with Gasteiger partial charge in [-0.2, -0.15) is 4.68 Å². The van der Waals surface area contributed by atoms with Crippen molar-refractivity contribution in [1.29, 1.82) is 0 Å². The molecule has 0 aliphatic rings. The average Bonchev–Trinajstić information content (AvgIpc) is 2.93. The number of aromatic nitrogens is 4. The van der Waals surface area contributed by atoms with Gasteiger partial charge >= 0.3 is 0 Å². The van der Waals surface area contributed by atoms with E-state index in [2.05, 4.69) is 15.5 Å². The van der Waals surface area contributed by atoms with Crippen molar-refractivity contribution >= 4 is 17.3 Å². The highest BCUT2D eigenvalue weighted by molar-refractivity contribution is 6.35. The van der Waals surface area contributed by atoms with Gasteiger partial charge in [0.1, 0.15) is 11.5 Å². The van der Waals surface area contributed by atoms with Crippen LogP contribution in [0, 0.1) is 12.7 Å². The summed E-state index contributed by atoms with van der Waals surface area (Å²) in [5, 5.41) is 11.7. The third-order valence-electron chi connectivity index (χ3n) is 3.07. The van der Waals surface area contributed by atoms with Crippen LogP contribution in [-0.2, 0) is 0 Å². The molecule has 0 saturated heterocycles. The van der Waals surface area contributed by atoms with Crippen LogP contribution in [0.4, 0.5) is 10.1 Å². The minimum Gasteiger partial charge on any atom is -0.398 e. The van der Waals surface area contributed by atoms with E-state index in [9.17, 15) is 4.39 Å². The molecule has 0 amide bonds. The molecule has 0 saturated carbocycles. The molecular weight excluding hydrogens is 293 g/mol. The van der Waals surface area contributed by atoms with Gasteiger partial charge < -0.3 is 5.73 Å². The number of aryl methyl sites for hydroxylation is 1. The molecule has 21 heavy (non-hydrogen) atoms. The predicted octanol–water partition coefficient (Wildman–Crippen LogP) is 3.01. The van der Waals surface area contributed by atoms with Crippen molar-refractivity contribution in [1.82, 2.24) is 20.2 Å². The van der Waals surface area contributed by atoms with E-state index in [1.165, 1.54) is 10.7 Å². The van der Waals surface area contributed by atoms with Gasteiger partial charge in [0.15, 0.2) is 5.82 Å². The maximum atomic E-state index is 14.0. The number of halogens is 2. The van der Waals surface area contributed by atoms with E-state index < -0.39 is 5.82 Å². The first-order chi connectivity index (χ1) is 10.1. The second-order valence-electron chi connectivity index (χ2n) is 4.58. The van der Waals surface area contributed by atoms with E-state index in [-0.39, 0.29) is 5.69 Å². The Labute approximate surface area is 125 Å². The molecule has 0 bridgehead atoms. The summed E-state index contributed by atoms with van der Waals surface area (Å²) >= 11 is 6.19. The zero-order valence-electron chi connectivity index (χ0n) is 11.1. The number of hydrogen-bond acceptors (Lipinski definition) is 4. The summed E-state index contributed by atoms with van der Waals surface area (Å²) in [6.07, 6.45) is 0. The Balaban J connectivity index is 2.22. The van der Waals surface area contributed by atoms with Crippen molar-refractivity contribution in [3.8, 4) is 17.1 Å². The van der Waals surface area contributed by atoms with Gasteiger partial charge in [0.25, 0.3) is 0 Å². The van der Waals surface area contributed by atoms with E-state index in [0.717, 1.165) is 5.56 Å². The summed E-state index contributed by atoms with van der Waals surface area (Å²) in [6.45, 7) is 1.86. The summed E-state index contributed by atoms with van der Waals surface area (Å²) < 4.78 is 15.3. The quantitative estimate of drug-likeness (QED) is 0.739. The first-order valence-electron chi connectivity index (χ1n) is 6.17. The molecule has 0 unspecified atom stereocenters. The molecule has 3 aromatic rings. The van der Waals surface area contributed by atoms with Crippen LogP contribution in [0.1, 0.15) is 5.56 Å². The van der Waals surface area contributed by atoms with E-state index in [1.807, 2.05) is 6.92 Å². The van der Waals surface area contributed by atoms with Crippen LogP contribution in [0.2, 0.25) is 5.02 Å². The van der Waals surface area contributed by atoms with Crippen LogP contribution in [-0.4, -0.2) is 20.2 Å². The topological polar surface area (TPSA) is 69.6 Å². The number of tetrazole rings is 1. The fourth-order valence-corrected chi connectivity index (χ4v) is 2.24. The largest absolute Gasteiger partial charge is 0.398 e. The minimum atomic E-state index is -0.422. The zero-order chi connectivity index (χ0) is 15.0. The van der Waals surface area contributed by atoms with Crippen LogP contribution in [0.5, 0.6) is 0 Å². The fourth-order valence-electron chi connectivity index (χ4n) is 2.02. The van der Waals surface area contributed by atoms with Crippen LogP contribution in [0.25, 0.3) is 17.1 Å². The highest BCUT2D eigenvalue weighted by Crippen LogP contribution is 2.31. The molecule has 0 aliphatic carbocycles. The average molecular weight is 304 g/mol. The van der Waals surface area contributed by atoms with Gasteiger partial charge in [0.2, 0.25) is 0 Å². The third-order valence-corrected chi connectivity index (χ3v) is 3.49. The number of rotatable bonds is 2. The number of anilines is 1. The first-order valence-corrected chi connectivity index (χ1v) is 6.55. The summed E-state index contributed by atoms with van der Waals surface area (Å²) in [7, 11) is 0. The van der Waals surface area contributed by atoms with Gasteiger partial charge in [-0.25, -0.2) is 4.39 Å². The Morgan fingerprint density at radius 1 is 1.24 bits per heavy atom. The molecule has 0 fully saturated rings. The van der Waals surface area contributed by atoms with Gasteiger partial charge in [-0.15, -0.1) is 5.10 Å². The van der Waals surface area contributed by atoms with Gasteiger partial charge in [-0.1, -0.05) is 23.7 Å². The normalized spacial score (nSPS) is 10.8. The highest BCUT2D eigenvalue weighted by atomic mass is 35.5. The molecule has 5 nitrogen and oxygen atoms in total. The van der Waals surface area contributed by atoms with E-state index in [0.29, 0.717) is 22.1 Å². The maximum Gasteiger partial charge on any atom is 0.188 e. The number of nitrogens with two attached hydrogens (primary N) is 1. The summed E-state index contributed by atoms with van der Waals surface area (Å²) in [5.74, 6) is -0.0917. The molecule has 1 aromatic heterocycles. The summed E-state index contributed by atoms with van der Waals surface area (Å²) in [6, 6.07) is 9.85. The number of benzene rings is 2. The van der Waals surface area contributed by atoms with Crippen molar-refractivity contribution in [2.24, 2.45) is 0 Å². The molecule has 0 spiro atoms. The number of hydrogen-bond donors (Lipinski definition) is 1. The lowest BCUT2D eigenvalue weighted by molar-refractivity contribution is 0.607.